The topological polar surface area (TPSA) is 191 Å². The van der Waals surface area contributed by atoms with Crippen LogP contribution in [0.2, 0.25) is 0 Å². The van der Waals surface area contributed by atoms with Gasteiger partial charge in [-0.05, 0) is 18.1 Å². The van der Waals surface area contributed by atoms with Gasteiger partial charge in [-0.3, -0.25) is 24.3 Å². The lowest BCUT2D eigenvalue weighted by Crippen LogP contribution is -2.55. The van der Waals surface area contributed by atoms with Gasteiger partial charge in [-0.1, -0.05) is 32.0 Å². The molecule has 2 rings (SSSR count). The predicted octanol–water partition coefficient (Wildman–Crippen LogP) is 1.04. The highest BCUT2D eigenvalue weighted by Gasteiger charge is 2.36. The average Bonchev–Trinajstić information content (AvgIpc) is 2.91. The zero-order valence-electron chi connectivity index (χ0n) is 22.8. The van der Waals surface area contributed by atoms with Gasteiger partial charge in [-0.25, -0.2) is 4.79 Å². The molecule has 0 bridgehead atoms. The number of ether oxygens (including phenoxy) is 3. The van der Waals surface area contributed by atoms with Crippen LogP contribution in [0.4, 0.5) is 5.69 Å². The molecule has 0 aliphatic carbocycles. The van der Waals surface area contributed by atoms with E-state index in [4.69, 9.17) is 19.9 Å². The van der Waals surface area contributed by atoms with Crippen molar-refractivity contribution in [2.45, 2.75) is 38.8 Å². The monoisotopic (exact) mass is 562 g/mol. The quantitative estimate of drug-likeness (QED) is 0.179. The maximum atomic E-state index is 13.6. The largest absolute Gasteiger partial charge is 0.481 e. The number of amides is 2. The third kappa shape index (κ3) is 10.2. The number of aliphatic carboxylic acids is 2. The Morgan fingerprint density at radius 3 is 2.17 bits per heavy atom. The fourth-order valence-electron chi connectivity index (χ4n) is 3.90. The van der Waals surface area contributed by atoms with Crippen molar-refractivity contribution in [3.8, 4) is 0 Å². The summed E-state index contributed by atoms with van der Waals surface area (Å²) in [6, 6.07) is 5.61. The second kappa shape index (κ2) is 17.1. The number of carbonyl (C=O) groups excluding carboxylic acids is 2. The molecule has 0 unspecified atom stereocenters. The van der Waals surface area contributed by atoms with E-state index in [0.29, 0.717) is 37.3 Å². The number of anilines is 1. The van der Waals surface area contributed by atoms with Gasteiger partial charge in [0.15, 0.2) is 0 Å². The number of hydrogen-bond acceptors (Lipinski definition) is 9. The highest BCUT2D eigenvalue weighted by atomic mass is 16.5. The van der Waals surface area contributed by atoms with E-state index in [-0.39, 0.29) is 31.9 Å². The molecule has 1 heterocycles. The Morgan fingerprint density at radius 1 is 0.950 bits per heavy atom. The van der Waals surface area contributed by atoms with Crippen LogP contribution in [0.1, 0.15) is 26.7 Å². The maximum absolute atomic E-state index is 13.6. The SMILES string of the molecule is CC(C)[C@H](NC(=O)[C@H](CC(=O)O)N(C(=O)CCOCCOCCOCCN)c1ccnc2ccccc12)C(=O)O. The fraction of sp³-hybridized carbons (Fsp3) is 0.519. The standard InChI is InChI=1S/C27H38N4O9/c1-18(2)25(27(36)37)30-26(35)22(17-24(33)34)31(21-7-10-29-20-6-4-3-5-19(20)21)23(32)8-11-38-13-15-40-16-14-39-12-9-28/h3-7,10,18,22,25H,8-9,11-17,28H2,1-2H3,(H,30,35)(H,33,34)(H,36,37)/t22-,25-/m0/s1. The lowest BCUT2D eigenvalue weighted by molar-refractivity contribution is -0.144. The molecule has 13 nitrogen and oxygen atoms in total. The number of carbonyl (C=O) groups is 4. The molecule has 1 aromatic heterocycles. The van der Waals surface area contributed by atoms with Crippen LogP contribution in [0, 0.1) is 5.92 Å². The number of nitrogens with one attached hydrogen (secondary N) is 1. The van der Waals surface area contributed by atoms with Gasteiger partial charge in [0.25, 0.3) is 0 Å². The lowest BCUT2D eigenvalue weighted by atomic mass is 10.0. The Labute approximate surface area is 232 Å². The van der Waals surface area contributed by atoms with Crippen LogP contribution < -0.4 is 16.0 Å². The summed E-state index contributed by atoms with van der Waals surface area (Å²) in [5.41, 5.74) is 6.15. The number of fused-ring (bicyclic) bond motifs is 1. The molecule has 0 aliphatic heterocycles. The second-order valence-corrected chi connectivity index (χ2v) is 9.17. The second-order valence-electron chi connectivity index (χ2n) is 9.17. The van der Waals surface area contributed by atoms with Crippen molar-refractivity contribution in [2.24, 2.45) is 11.7 Å². The number of hydrogen-bond donors (Lipinski definition) is 4. The summed E-state index contributed by atoms with van der Waals surface area (Å²) in [6.07, 6.45) is 0.527. The number of para-hydroxylation sites is 1. The van der Waals surface area contributed by atoms with Gasteiger partial charge >= 0.3 is 11.9 Å². The number of rotatable bonds is 19. The fourth-order valence-corrected chi connectivity index (χ4v) is 3.90. The van der Waals surface area contributed by atoms with Crippen molar-refractivity contribution in [1.29, 1.82) is 0 Å². The summed E-state index contributed by atoms with van der Waals surface area (Å²) in [5, 5.41) is 22.1. The zero-order chi connectivity index (χ0) is 29.5. The van der Waals surface area contributed by atoms with Crippen LogP contribution in [-0.2, 0) is 33.4 Å². The molecule has 2 aromatic rings. The van der Waals surface area contributed by atoms with Gasteiger partial charge in [0.2, 0.25) is 11.8 Å². The van der Waals surface area contributed by atoms with Crippen LogP contribution in [0.3, 0.4) is 0 Å². The third-order valence-electron chi connectivity index (χ3n) is 5.83. The molecule has 2 amide bonds. The zero-order valence-corrected chi connectivity index (χ0v) is 22.8. The van der Waals surface area contributed by atoms with Crippen LogP contribution in [0.25, 0.3) is 10.9 Å². The predicted molar refractivity (Wildman–Crippen MR) is 146 cm³/mol. The maximum Gasteiger partial charge on any atom is 0.326 e. The summed E-state index contributed by atoms with van der Waals surface area (Å²) in [4.78, 5) is 55.9. The van der Waals surface area contributed by atoms with Crippen molar-refractivity contribution >= 4 is 40.3 Å². The Morgan fingerprint density at radius 2 is 1.57 bits per heavy atom. The molecule has 220 valence electrons. The number of aromatic nitrogens is 1. The molecule has 13 heteroatoms. The van der Waals surface area contributed by atoms with Crippen LogP contribution in [0.15, 0.2) is 36.5 Å². The lowest BCUT2D eigenvalue weighted by Gasteiger charge is -2.32. The van der Waals surface area contributed by atoms with Crippen LogP contribution in [-0.4, -0.2) is 97.2 Å². The molecule has 0 saturated heterocycles. The van der Waals surface area contributed by atoms with Crippen LogP contribution >= 0.6 is 0 Å². The van der Waals surface area contributed by atoms with E-state index < -0.39 is 48.2 Å². The summed E-state index contributed by atoms with van der Waals surface area (Å²) < 4.78 is 16.1. The summed E-state index contributed by atoms with van der Waals surface area (Å²) in [7, 11) is 0. The molecule has 0 aliphatic rings. The molecule has 1 aromatic carbocycles. The highest BCUT2D eigenvalue weighted by Crippen LogP contribution is 2.29. The Bertz CT molecular complexity index is 1120. The molecule has 0 saturated carbocycles. The number of nitrogens with zero attached hydrogens (tertiary/aromatic N) is 2. The minimum absolute atomic E-state index is 0.0173. The van der Waals surface area contributed by atoms with E-state index in [1.807, 2.05) is 0 Å². The first-order valence-electron chi connectivity index (χ1n) is 13.0. The first-order chi connectivity index (χ1) is 19.2. The van der Waals surface area contributed by atoms with Crippen molar-refractivity contribution in [1.82, 2.24) is 10.3 Å². The minimum atomic E-state index is -1.53. The van der Waals surface area contributed by atoms with Crippen LogP contribution in [0.5, 0.6) is 0 Å². The van der Waals surface area contributed by atoms with E-state index in [1.165, 1.54) is 12.3 Å². The van der Waals surface area contributed by atoms with E-state index in [0.717, 1.165) is 4.90 Å². The summed E-state index contributed by atoms with van der Waals surface area (Å²) >= 11 is 0. The Balaban J connectivity index is 2.25. The van der Waals surface area contributed by atoms with E-state index in [1.54, 1.807) is 38.1 Å². The van der Waals surface area contributed by atoms with Gasteiger partial charge in [0.1, 0.15) is 12.1 Å². The van der Waals surface area contributed by atoms with Crippen molar-refractivity contribution < 1.29 is 43.6 Å². The van der Waals surface area contributed by atoms with Gasteiger partial charge in [0.05, 0.1) is 63.7 Å². The first kappa shape index (κ1) is 32.6. The normalized spacial score (nSPS) is 12.7. The van der Waals surface area contributed by atoms with Gasteiger partial charge in [0, 0.05) is 18.1 Å². The third-order valence-corrected chi connectivity index (χ3v) is 5.83. The van der Waals surface area contributed by atoms with E-state index in [2.05, 4.69) is 10.3 Å². The van der Waals surface area contributed by atoms with Gasteiger partial charge < -0.3 is 35.5 Å². The van der Waals surface area contributed by atoms with Gasteiger partial charge in [-0.2, -0.15) is 0 Å². The first-order valence-corrected chi connectivity index (χ1v) is 13.0. The Kier molecular flexibility index (Phi) is 13.9. The highest BCUT2D eigenvalue weighted by molar-refractivity contribution is 6.08. The molecule has 0 fully saturated rings. The number of nitrogens with two attached hydrogens (primary N) is 1. The van der Waals surface area contributed by atoms with E-state index in [9.17, 15) is 29.4 Å². The number of benzene rings is 1. The van der Waals surface area contributed by atoms with Gasteiger partial charge in [-0.15, -0.1) is 0 Å². The molecule has 2 atom stereocenters. The molecular formula is C27H38N4O9. The van der Waals surface area contributed by atoms with Crippen molar-refractivity contribution in [3.05, 3.63) is 36.5 Å². The number of pyridine rings is 1. The van der Waals surface area contributed by atoms with Crippen molar-refractivity contribution in [2.75, 3.05) is 51.1 Å². The summed E-state index contributed by atoms with van der Waals surface area (Å²) in [6.45, 7) is 5.32. The molecular weight excluding hydrogens is 524 g/mol. The minimum Gasteiger partial charge on any atom is -0.481 e. The molecule has 0 radical (unpaired) electrons. The molecule has 0 spiro atoms. The number of carboxylic acid groups (broad SMARTS) is 2. The summed E-state index contributed by atoms with van der Waals surface area (Å²) in [5.74, 6) is -4.57. The smallest absolute Gasteiger partial charge is 0.326 e. The molecule has 5 N–H and O–H groups in total. The van der Waals surface area contributed by atoms with Crippen molar-refractivity contribution in [3.63, 3.8) is 0 Å². The Hall–Kier alpha value is -3.65. The van der Waals surface area contributed by atoms with E-state index >= 15 is 0 Å². The average molecular weight is 563 g/mol. The number of carboxylic acids is 2. The molecule has 40 heavy (non-hydrogen) atoms.